The van der Waals surface area contributed by atoms with Crippen LogP contribution in [0.15, 0.2) is 78.9 Å². The van der Waals surface area contributed by atoms with Crippen LogP contribution >= 0.6 is 0 Å². The van der Waals surface area contributed by atoms with Gasteiger partial charge in [0.25, 0.3) is 0 Å². The molecule has 1 aliphatic heterocycles. The van der Waals surface area contributed by atoms with Crippen molar-refractivity contribution in [3.8, 4) is 5.75 Å². The third kappa shape index (κ3) is 5.59. The van der Waals surface area contributed by atoms with Crippen LogP contribution in [0.4, 0.5) is 0 Å². The lowest BCUT2D eigenvalue weighted by atomic mass is 9.93. The number of benzene rings is 3. The van der Waals surface area contributed by atoms with Crippen LogP contribution in [-0.2, 0) is 17.8 Å². The summed E-state index contributed by atoms with van der Waals surface area (Å²) in [6, 6.07) is 24.0. The number of carbonyl (C=O) groups is 2. The van der Waals surface area contributed by atoms with Crippen molar-refractivity contribution in [1.82, 2.24) is 10.2 Å². The van der Waals surface area contributed by atoms with Gasteiger partial charge >= 0.3 is 5.97 Å². The summed E-state index contributed by atoms with van der Waals surface area (Å²) in [5, 5.41) is 12.2. The molecule has 170 valence electrons. The number of nitrogens with zero attached hydrogens (tertiary/aromatic N) is 1. The molecule has 6 heteroatoms. The van der Waals surface area contributed by atoms with Gasteiger partial charge in [0, 0.05) is 13.1 Å². The quantitative estimate of drug-likeness (QED) is 0.548. The molecule has 0 spiro atoms. The maximum atomic E-state index is 13.3. The summed E-state index contributed by atoms with van der Waals surface area (Å²) >= 11 is 0. The Balaban J connectivity index is 1.44. The number of carboxylic acids is 1. The van der Waals surface area contributed by atoms with E-state index in [9.17, 15) is 9.59 Å². The highest BCUT2D eigenvalue weighted by Gasteiger charge is 2.32. The zero-order valence-corrected chi connectivity index (χ0v) is 18.6. The van der Waals surface area contributed by atoms with E-state index in [2.05, 4.69) is 22.3 Å². The molecule has 0 unspecified atom stereocenters. The number of rotatable bonds is 8. The van der Waals surface area contributed by atoms with Gasteiger partial charge in [-0.2, -0.15) is 0 Å². The van der Waals surface area contributed by atoms with Crippen LogP contribution in [0, 0.1) is 0 Å². The van der Waals surface area contributed by atoms with Crippen molar-refractivity contribution >= 4 is 11.9 Å². The fraction of sp³-hybridized carbons (Fsp3) is 0.259. The number of carbonyl (C=O) groups excluding carboxylic acids is 1. The minimum atomic E-state index is -0.965. The molecule has 33 heavy (non-hydrogen) atoms. The van der Waals surface area contributed by atoms with Crippen LogP contribution in [0.25, 0.3) is 0 Å². The second-order valence-electron chi connectivity index (χ2n) is 8.28. The Labute approximate surface area is 193 Å². The lowest BCUT2D eigenvalue weighted by Gasteiger charge is -2.36. The first kappa shape index (κ1) is 22.6. The SMILES string of the molecule is C[C@H](NC(=O)[C@H]1Cc2ccccc2CN1CCOc1ccccc1)c1ccc(C(=O)O)cc1. The van der Waals surface area contributed by atoms with Crippen molar-refractivity contribution in [1.29, 1.82) is 0 Å². The fourth-order valence-corrected chi connectivity index (χ4v) is 4.18. The molecule has 0 radical (unpaired) electrons. The molecule has 3 aromatic rings. The second-order valence-corrected chi connectivity index (χ2v) is 8.28. The molecule has 0 bridgehead atoms. The van der Waals surface area contributed by atoms with Crippen LogP contribution in [0.5, 0.6) is 5.75 Å². The summed E-state index contributed by atoms with van der Waals surface area (Å²) in [5.74, 6) is -0.194. The van der Waals surface area contributed by atoms with E-state index >= 15 is 0 Å². The summed E-state index contributed by atoms with van der Waals surface area (Å²) in [4.78, 5) is 26.6. The number of fused-ring (bicyclic) bond motifs is 1. The van der Waals surface area contributed by atoms with Gasteiger partial charge in [-0.1, -0.05) is 54.6 Å². The number of carboxylic acid groups (broad SMARTS) is 1. The summed E-state index contributed by atoms with van der Waals surface area (Å²) in [6.07, 6.45) is 0.637. The van der Waals surface area contributed by atoms with Gasteiger partial charge in [-0.3, -0.25) is 9.69 Å². The van der Waals surface area contributed by atoms with Crippen molar-refractivity contribution in [3.63, 3.8) is 0 Å². The van der Waals surface area contributed by atoms with Gasteiger partial charge in [-0.05, 0) is 54.3 Å². The van der Waals surface area contributed by atoms with Crippen molar-refractivity contribution in [2.45, 2.75) is 32.0 Å². The van der Waals surface area contributed by atoms with Crippen LogP contribution in [-0.4, -0.2) is 41.1 Å². The predicted molar refractivity (Wildman–Crippen MR) is 126 cm³/mol. The summed E-state index contributed by atoms with van der Waals surface area (Å²) in [7, 11) is 0. The number of hydrogen-bond donors (Lipinski definition) is 2. The summed E-state index contributed by atoms with van der Waals surface area (Å²) in [5.41, 5.74) is 3.52. The molecule has 0 saturated carbocycles. The molecule has 0 aromatic heterocycles. The summed E-state index contributed by atoms with van der Waals surface area (Å²) in [6.45, 7) is 3.71. The van der Waals surface area contributed by atoms with Gasteiger partial charge in [0.05, 0.1) is 17.6 Å². The molecule has 0 fully saturated rings. The highest BCUT2D eigenvalue weighted by Crippen LogP contribution is 2.24. The Morgan fingerprint density at radius 2 is 1.67 bits per heavy atom. The molecular weight excluding hydrogens is 416 g/mol. The molecule has 2 N–H and O–H groups in total. The Hall–Kier alpha value is -3.64. The van der Waals surface area contributed by atoms with E-state index in [1.807, 2.05) is 49.4 Å². The zero-order chi connectivity index (χ0) is 23.2. The van der Waals surface area contributed by atoms with Crippen molar-refractivity contribution in [2.24, 2.45) is 0 Å². The topological polar surface area (TPSA) is 78.9 Å². The molecule has 6 nitrogen and oxygen atoms in total. The Morgan fingerprint density at radius 1 is 1.00 bits per heavy atom. The highest BCUT2D eigenvalue weighted by molar-refractivity contribution is 5.87. The maximum Gasteiger partial charge on any atom is 0.335 e. The van der Waals surface area contributed by atoms with E-state index in [0.717, 1.165) is 11.3 Å². The first-order valence-corrected chi connectivity index (χ1v) is 11.1. The molecule has 1 aliphatic rings. The Morgan fingerprint density at radius 3 is 2.36 bits per heavy atom. The zero-order valence-electron chi connectivity index (χ0n) is 18.6. The Kier molecular flexibility index (Phi) is 7.05. The smallest absolute Gasteiger partial charge is 0.335 e. The third-order valence-corrected chi connectivity index (χ3v) is 6.06. The van der Waals surface area contributed by atoms with Gasteiger partial charge in [-0.15, -0.1) is 0 Å². The van der Waals surface area contributed by atoms with Gasteiger partial charge < -0.3 is 15.2 Å². The van der Waals surface area contributed by atoms with Crippen LogP contribution in [0.3, 0.4) is 0 Å². The first-order valence-electron chi connectivity index (χ1n) is 11.1. The molecule has 0 saturated heterocycles. The number of amides is 1. The maximum absolute atomic E-state index is 13.3. The van der Waals surface area contributed by atoms with E-state index in [4.69, 9.17) is 9.84 Å². The van der Waals surface area contributed by atoms with Crippen LogP contribution < -0.4 is 10.1 Å². The minimum absolute atomic E-state index is 0.0426. The molecule has 0 aliphatic carbocycles. The van der Waals surface area contributed by atoms with Crippen LogP contribution in [0.1, 0.15) is 40.0 Å². The lowest BCUT2D eigenvalue weighted by Crippen LogP contribution is -2.51. The van der Waals surface area contributed by atoms with Crippen molar-refractivity contribution in [3.05, 3.63) is 101 Å². The van der Waals surface area contributed by atoms with E-state index in [1.54, 1.807) is 24.3 Å². The van der Waals surface area contributed by atoms with Gasteiger partial charge in [-0.25, -0.2) is 4.79 Å². The number of nitrogens with one attached hydrogen (secondary N) is 1. The number of hydrogen-bond acceptors (Lipinski definition) is 4. The third-order valence-electron chi connectivity index (χ3n) is 6.06. The first-order chi connectivity index (χ1) is 16.0. The monoisotopic (exact) mass is 444 g/mol. The van der Waals surface area contributed by atoms with Gasteiger partial charge in [0.15, 0.2) is 0 Å². The molecule has 1 heterocycles. The molecule has 4 rings (SSSR count). The average Bonchev–Trinajstić information content (AvgIpc) is 2.84. The number of ether oxygens (including phenoxy) is 1. The highest BCUT2D eigenvalue weighted by atomic mass is 16.5. The standard InChI is InChI=1S/C27H28N2O4/c1-19(20-11-13-21(14-12-20)27(31)32)28-26(30)25-17-22-7-5-6-8-23(22)18-29(25)15-16-33-24-9-3-2-4-10-24/h2-14,19,25H,15-18H2,1H3,(H,28,30)(H,31,32)/t19-,25+/m0/s1. The molecular formula is C27H28N2O4. The van der Waals surface area contributed by atoms with E-state index < -0.39 is 5.97 Å². The minimum Gasteiger partial charge on any atom is -0.492 e. The molecule has 1 amide bonds. The molecule has 2 atom stereocenters. The fourth-order valence-electron chi connectivity index (χ4n) is 4.18. The van der Waals surface area contributed by atoms with Crippen LogP contribution in [0.2, 0.25) is 0 Å². The molecule has 3 aromatic carbocycles. The van der Waals surface area contributed by atoms with Gasteiger partial charge in [0.2, 0.25) is 5.91 Å². The van der Waals surface area contributed by atoms with E-state index in [1.165, 1.54) is 11.1 Å². The normalized spacial score (nSPS) is 16.5. The lowest BCUT2D eigenvalue weighted by molar-refractivity contribution is -0.127. The van der Waals surface area contributed by atoms with Crippen molar-refractivity contribution < 1.29 is 19.4 Å². The van der Waals surface area contributed by atoms with Gasteiger partial charge in [0.1, 0.15) is 12.4 Å². The Bertz CT molecular complexity index is 1100. The average molecular weight is 445 g/mol. The van der Waals surface area contributed by atoms with E-state index in [-0.39, 0.29) is 23.6 Å². The second kappa shape index (κ2) is 10.3. The van der Waals surface area contributed by atoms with E-state index in [0.29, 0.717) is 26.1 Å². The number of aromatic carboxylic acids is 1. The summed E-state index contributed by atoms with van der Waals surface area (Å²) < 4.78 is 5.88. The predicted octanol–water partition coefficient (Wildman–Crippen LogP) is 4.07. The largest absolute Gasteiger partial charge is 0.492 e. The number of para-hydroxylation sites is 1. The van der Waals surface area contributed by atoms with Crippen molar-refractivity contribution in [2.75, 3.05) is 13.2 Å².